The molecule has 0 unspecified atom stereocenters. The standard InChI is InChI=1S/C52H34N8/c1-5-15-36(16-6-1)44-34-45(37-17-7-2-8-18-37)57-52(56-44)41-28-30-54-46(31-41)48-33-42(32-47(55-48)43-23-13-14-29-53-43)35-24-26-40(27-25-35)51-59-49(38-19-9-3-10-20-38)58-50(60-51)39-21-11-4-12-22-39/h1-34H. The first-order valence-electron chi connectivity index (χ1n) is 19.6. The highest BCUT2D eigenvalue weighted by Gasteiger charge is 2.16. The average molecular weight is 771 g/mol. The van der Waals surface area contributed by atoms with Gasteiger partial charge in [-0.25, -0.2) is 29.9 Å². The van der Waals surface area contributed by atoms with E-state index in [1.165, 1.54) is 0 Å². The molecule has 0 amide bonds. The Morgan fingerprint density at radius 2 is 0.617 bits per heavy atom. The summed E-state index contributed by atoms with van der Waals surface area (Å²) in [5.74, 6) is 2.42. The normalized spacial score (nSPS) is 11.0. The van der Waals surface area contributed by atoms with Gasteiger partial charge in [0.2, 0.25) is 0 Å². The van der Waals surface area contributed by atoms with Crippen LogP contribution in [0.4, 0.5) is 0 Å². The quantitative estimate of drug-likeness (QED) is 0.143. The maximum absolute atomic E-state index is 5.11. The van der Waals surface area contributed by atoms with E-state index in [1.54, 1.807) is 12.4 Å². The van der Waals surface area contributed by atoms with E-state index in [0.29, 0.717) is 34.7 Å². The van der Waals surface area contributed by atoms with Crippen molar-refractivity contribution in [3.05, 3.63) is 207 Å². The van der Waals surface area contributed by atoms with E-state index in [0.717, 1.165) is 67.3 Å². The molecule has 0 bridgehead atoms. The van der Waals surface area contributed by atoms with Gasteiger partial charge in [-0.05, 0) is 53.6 Å². The number of hydrogen-bond donors (Lipinski definition) is 0. The minimum Gasteiger partial charge on any atom is -0.255 e. The van der Waals surface area contributed by atoms with Gasteiger partial charge in [-0.3, -0.25) is 9.97 Å². The summed E-state index contributed by atoms with van der Waals surface area (Å²) in [4.78, 5) is 39.4. The second-order valence-corrected chi connectivity index (χ2v) is 14.1. The minimum absolute atomic E-state index is 0.592. The van der Waals surface area contributed by atoms with E-state index in [2.05, 4.69) is 65.6 Å². The first kappa shape index (κ1) is 36.0. The molecule has 10 aromatic rings. The third-order valence-corrected chi connectivity index (χ3v) is 10.1. The molecule has 0 saturated carbocycles. The maximum Gasteiger partial charge on any atom is 0.164 e. The maximum atomic E-state index is 5.11. The molecule has 5 aromatic carbocycles. The van der Waals surface area contributed by atoms with Crippen molar-refractivity contribution in [2.45, 2.75) is 0 Å². The molecule has 8 heteroatoms. The molecular formula is C52H34N8. The summed E-state index contributed by atoms with van der Waals surface area (Å²) < 4.78 is 0. The molecule has 282 valence electrons. The zero-order chi connectivity index (χ0) is 40.1. The third kappa shape index (κ3) is 7.68. The van der Waals surface area contributed by atoms with E-state index in [4.69, 9.17) is 34.9 Å². The molecule has 0 aliphatic heterocycles. The second-order valence-electron chi connectivity index (χ2n) is 14.1. The number of aromatic nitrogens is 8. The Bertz CT molecular complexity index is 2940. The molecule has 0 N–H and O–H groups in total. The highest BCUT2D eigenvalue weighted by Crippen LogP contribution is 2.33. The van der Waals surface area contributed by atoms with Crippen LogP contribution >= 0.6 is 0 Å². The SMILES string of the molecule is c1ccc(-c2cc(-c3ccccc3)nc(-c3ccnc(-c4cc(-c5ccc(-c6nc(-c7ccccc7)nc(-c7ccccc7)n6)cc5)cc(-c5ccccn5)n4)c3)n2)cc1. The summed E-state index contributed by atoms with van der Waals surface area (Å²) in [6.07, 6.45) is 3.57. The molecule has 0 spiro atoms. The summed E-state index contributed by atoms with van der Waals surface area (Å²) in [5.41, 5.74) is 12.0. The van der Waals surface area contributed by atoms with Gasteiger partial charge in [0.15, 0.2) is 23.3 Å². The number of hydrogen-bond acceptors (Lipinski definition) is 8. The molecule has 10 rings (SSSR count). The van der Waals surface area contributed by atoms with Crippen LogP contribution in [-0.2, 0) is 0 Å². The monoisotopic (exact) mass is 770 g/mol. The van der Waals surface area contributed by atoms with Crippen LogP contribution in [0.1, 0.15) is 0 Å². The molecule has 5 heterocycles. The lowest BCUT2D eigenvalue weighted by atomic mass is 10.0. The van der Waals surface area contributed by atoms with Gasteiger partial charge in [0.25, 0.3) is 0 Å². The van der Waals surface area contributed by atoms with Crippen LogP contribution in [0.5, 0.6) is 0 Å². The van der Waals surface area contributed by atoms with Crippen LogP contribution in [0.2, 0.25) is 0 Å². The van der Waals surface area contributed by atoms with E-state index in [9.17, 15) is 0 Å². The van der Waals surface area contributed by atoms with Gasteiger partial charge >= 0.3 is 0 Å². The van der Waals surface area contributed by atoms with Crippen molar-refractivity contribution in [3.63, 3.8) is 0 Å². The summed E-state index contributed by atoms with van der Waals surface area (Å²) in [6.45, 7) is 0. The fourth-order valence-electron chi connectivity index (χ4n) is 7.02. The Kier molecular flexibility index (Phi) is 9.75. The first-order valence-corrected chi connectivity index (χ1v) is 19.6. The lowest BCUT2D eigenvalue weighted by Crippen LogP contribution is -2.00. The van der Waals surface area contributed by atoms with Gasteiger partial charge in [0.05, 0.1) is 34.2 Å². The van der Waals surface area contributed by atoms with Crippen molar-refractivity contribution in [2.75, 3.05) is 0 Å². The predicted octanol–water partition coefficient (Wildman–Crippen LogP) is 11.8. The van der Waals surface area contributed by atoms with Crippen LogP contribution < -0.4 is 0 Å². The van der Waals surface area contributed by atoms with E-state index < -0.39 is 0 Å². The number of benzene rings is 5. The zero-order valence-electron chi connectivity index (χ0n) is 32.2. The minimum atomic E-state index is 0.592. The number of pyridine rings is 3. The van der Waals surface area contributed by atoms with Crippen molar-refractivity contribution < 1.29 is 0 Å². The highest BCUT2D eigenvalue weighted by molar-refractivity contribution is 5.78. The molecule has 0 atom stereocenters. The topological polar surface area (TPSA) is 103 Å². The van der Waals surface area contributed by atoms with Crippen LogP contribution in [0.15, 0.2) is 207 Å². The lowest BCUT2D eigenvalue weighted by molar-refractivity contribution is 1.07. The average Bonchev–Trinajstić information content (AvgIpc) is 3.35. The van der Waals surface area contributed by atoms with Gasteiger partial charge in [-0.15, -0.1) is 0 Å². The second kappa shape index (κ2) is 16.2. The largest absolute Gasteiger partial charge is 0.255 e. The van der Waals surface area contributed by atoms with E-state index in [-0.39, 0.29) is 0 Å². The summed E-state index contributed by atoms with van der Waals surface area (Å²) in [6, 6.07) is 64.5. The molecule has 0 saturated heterocycles. The van der Waals surface area contributed by atoms with Gasteiger partial charge in [-0.2, -0.15) is 0 Å². The Hall–Kier alpha value is -8.36. The molecule has 5 aromatic heterocycles. The van der Waals surface area contributed by atoms with Crippen LogP contribution in [0.3, 0.4) is 0 Å². The number of nitrogens with zero attached hydrogens (tertiary/aromatic N) is 8. The van der Waals surface area contributed by atoms with E-state index >= 15 is 0 Å². The van der Waals surface area contributed by atoms with Crippen LogP contribution in [0.25, 0.3) is 102 Å². The molecular weight excluding hydrogens is 737 g/mol. The molecule has 8 nitrogen and oxygen atoms in total. The fourth-order valence-corrected chi connectivity index (χ4v) is 7.02. The summed E-state index contributed by atoms with van der Waals surface area (Å²) in [7, 11) is 0. The summed E-state index contributed by atoms with van der Waals surface area (Å²) >= 11 is 0. The molecule has 60 heavy (non-hydrogen) atoms. The Morgan fingerprint density at radius 1 is 0.200 bits per heavy atom. The molecule has 0 aliphatic carbocycles. The van der Waals surface area contributed by atoms with Crippen molar-refractivity contribution >= 4 is 0 Å². The fraction of sp³-hybridized carbons (Fsp3) is 0. The molecule has 0 aliphatic rings. The Morgan fingerprint density at radius 3 is 1.13 bits per heavy atom. The smallest absolute Gasteiger partial charge is 0.164 e. The predicted molar refractivity (Wildman–Crippen MR) is 238 cm³/mol. The van der Waals surface area contributed by atoms with Gasteiger partial charge in [0, 0.05) is 45.8 Å². The zero-order valence-corrected chi connectivity index (χ0v) is 32.2. The van der Waals surface area contributed by atoms with Gasteiger partial charge < -0.3 is 0 Å². The number of rotatable bonds is 9. The lowest BCUT2D eigenvalue weighted by Gasteiger charge is -2.12. The van der Waals surface area contributed by atoms with Crippen LogP contribution in [-0.4, -0.2) is 39.9 Å². The van der Waals surface area contributed by atoms with Gasteiger partial charge in [-0.1, -0.05) is 152 Å². The Labute approximate surface area is 347 Å². The van der Waals surface area contributed by atoms with Crippen LogP contribution in [0, 0.1) is 0 Å². The van der Waals surface area contributed by atoms with Crippen molar-refractivity contribution in [3.8, 4) is 102 Å². The highest BCUT2D eigenvalue weighted by atomic mass is 15.0. The van der Waals surface area contributed by atoms with E-state index in [1.807, 2.05) is 133 Å². The van der Waals surface area contributed by atoms with Crippen molar-refractivity contribution in [2.24, 2.45) is 0 Å². The molecule has 0 radical (unpaired) electrons. The third-order valence-electron chi connectivity index (χ3n) is 10.1. The van der Waals surface area contributed by atoms with Crippen molar-refractivity contribution in [1.29, 1.82) is 0 Å². The Balaban J connectivity index is 1.05. The first-order chi connectivity index (χ1) is 29.7. The van der Waals surface area contributed by atoms with Gasteiger partial charge in [0.1, 0.15) is 0 Å². The van der Waals surface area contributed by atoms with Crippen molar-refractivity contribution in [1.82, 2.24) is 39.9 Å². The summed E-state index contributed by atoms with van der Waals surface area (Å²) in [5, 5.41) is 0. The molecule has 0 fully saturated rings.